The molecule has 2 aromatic carbocycles. The third kappa shape index (κ3) is 3.73. The summed E-state index contributed by atoms with van der Waals surface area (Å²) in [6, 6.07) is 19.9. The zero-order valence-electron chi connectivity index (χ0n) is 14.8. The van der Waals surface area contributed by atoms with Crippen LogP contribution < -0.4 is 0 Å². The molecule has 0 aliphatic carbocycles. The molecule has 1 atom stereocenters. The highest BCUT2D eigenvalue weighted by Crippen LogP contribution is 2.30. The van der Waals surface area contributed by atoms with E-state index in [1.165, 1.54) is 0 Å². The van der Waals surface area contributed by atoms with Crippen LogP contribution in [0, 0.1) is 5.92 Å². The van der Waals surface area contributed by atoms with Crippen LogP contribution in [0.5, 0.6) is 0 Å². The van der Waals surface area contributed by atoms with Gasteiger partial charge in [0.1, 0.15) is 0 Å². The molecule has 1 fully saturated rings. The number of amides is 2. The number of rotatable bonds is 4. The first-order valence-corrected chi connectivity index (χ1v) is 8.68. The van der Waals surface area contributed by atoms with E-state index in [-0.39, 0.29) is 23.8 Å². The Labute approximate surface area is 149 Å². The molecule has 3 rings (SSSR count). The average Bonchev–Trinajstić information content (AvgIpc) is 2.65. The van der Waals surface area contributed by atoms with Gasteiger partial charge in [0.15, 0.2) is 0 Å². The van der Waals surface area contributed by atoms with Gasteiger partial charge in [-0.05, 0) is 17.5 Å². The third-order valence-corrected chi connectivity index (χ3v) is 4.97. The van der Waals surface area contributed by atoms with Crippen LogP contribution in [-0.4, -0.2) is 42.3 Å². The number of nitrogens with zero attached hydrogens (tertiary/aromatic N) is 2. The molecule has 1 heterocycles. The van der Waals surface area contributed by atoms with E-state index in [2.05, 4.69) is 0 Å². The maximum absolute atomic E-state index is 13.1. The molecule has 1 saturated heterocycles. The minimum Gasteiger partial charge on any atom is -0.346 e. The Morgan fingerprint density at radius 2 is 1.56 bits per heavy atom. The van der Waals surface area contributed by atoms with Gasteiger partial charge in [0.05, 0.1) is 6.04 Å². The Hall–Kier alpha value is -2.62. The summed E-state index contributed by atoms with van der Waals surface area (Å²) >= 11 is 0. The molecule has 0 spiro atoms. The highest BCUT2D eigenvalue weighted by atomic mass is 16.2. The van der Waals surface area contributed by atoms with E-state index in [1.807, 2.05) is 67.7 Å². The third-order valence-electron chi connectivity index (χ3n) is 4.97. The first kappa shape index (κ1) is 17.2. The Bertz CT molecular complexity index is 691. The van der Waals surface area contributed by atoms with Crippen LogP contribution >= 0.6 is 0 Å². The number of hydrogen-bond donors (Lipinski definition) is 0. The summed E-state index contributed by atoms with van der Waals surface area (Å²) in [5.41, 5.74) is 2.15. The first-order valence-electron chi connectivity index (χ1n) is 8.68. The fraction of sp³-hybridized carbons (Fsp3) is 0.333. The summed E-state index contributed by atoms with van der Waals surface area (Å²) in [6.45, 7) is 0.643. The highest BCUT2D eigenvalue weighted by molar-refractivity contribution is 5.87. The summed E-state index contributed by atoms with van der Waals surface area (Å²) in [5.74, 6) is -0.142. The fourth-order valence-electron chi connectivity index (χ4n) is 3.48. The van der Waals surface area contributed by atoms with Gasteiger partial charge in [-0.25, -0.2) is 0 Å². The monoisotopic (exact) mass is 336 g/mol. The van der Waals surface area contributed by atoms with E-state index in [0.717, 1.165) is 17.5 Å². The largest absolute Gasteiger partial charge is 0.346 e. The molecule has 130 valence electrons. The van der Waals surface area contributed by atoms with Crippen molar-refractivity contribution < 1.29 is 9.59 Å². The SMILES string of the molecule is CN1CC[C@@H](C(=O)N(C)C(c2ccccc2)c2ccccc2)CC1=O. The predicted octanol–water partition coefficient (Wildman–Crippen LogP) is 3.10. The van der Waals surface area contributed by atoms with Crippen LogP contribution in [0.25, 0.3) is 0 Å². The predicted molar refractivity (Wildman–Crippen MR) is 97.9 cm³/mol. The Morgan fingerprint density at radius 1 is 1.04 bits per heavy atom. The quantitative estimate of drug-likeness (QED) is 0.861. The molecule has 0 saturated carbocycles. The van der Waals surface area contributed by atoms with Crippen molar-refractivity contribution in [3.8, 4) is 0 Å². The molecule has 1 aliphatic rings. The molecule has 0 unspecified atom stereocenters. The Balaban J connectivity index is 1.88. The number of hydrogen-bond acceptors (Lipinski definition) is 2. The molecule has 25 heavy (non-hydrogen) atoms. The van der Waals surface area contributed by atoms with Gasteiger partial charge in [0.2, 0.25) is 11.8 Å². The standard InChI is InChI=1S/C21H24N2O2/c1-22-14-13-18(15-19(22)24)21(25)23(2)20(16-9-5-3-6-10-16)17-11-7-4-8-12-17/h3-12,18,20H,13-15H2,1-2H3/t18-/m1/s1. The van der Waals surface area contributed by atoms with Crippen molar-refractivity contribution >= 4 is 11.8 Å². The highest BCUT2D eigenvalue weighted by Gasteiger charge is 2.33. The molecule has 2 aromatic rings. The Kier molecular flexibility index (Phi) is 5.17. The number of carbonyl (C=O) groups is 2. The van der Waals surface area contributed by atoms with Crippen molar-refractivity contribution in [1.82, 2.24) is 9.80 Å². The molecule has 4 heteroatoms. The van der Waals surface area contributed by atoms with E-state index >= 15 is 0 Å². The van der Waals surface area contributed by atoms with Gasteiger partial charge < -0.3 is 9.80 Å². The van der Waals surface area contributed by atoms with Crippen LogP contribution in [-0.2, 0) is 9.59 Å². The lowest BCUT2D eigenvalue weighted by Gasteiger charge is -2.35. The van der Waals surface area contributed by atoms with E-state index in [0.29, 0.717) is 13.0 Å². The van der Waals surface area contributed by atoms with Crippen molar-refractivity contribution in [3.05, 3.63) is 71.8 Å². The van der Waals surface area contributed by atoms with Crippen LogP contribution in [0.2, 0.25) is 0 Å². The van der Waals surface area contributed by atoms with Crippen molar-refractivity contribution in [2.45, 2.75) is 18.9 Å². The lowest BCUT2D eigenvalue weighted by atomic mass is 9.92. The molecule has 0 N–H and O–H groups in total. The van der Waals surface area contributed by atoms with Gasteiger partial charge in [0, 0.05) is 33.0 Å². The lowest BCUT2D eigenvalue weighted by molar-refractivity contribution is -0.144. The lowest BCUT2D eigenvalue weighted by Crippen LogP contribution is -2.43. The van der Waals surface area contributed by atoms with Gasteiger partial charge >= 0.3 is 0 Å². The van der Waals surface area contributed by atoms with Crippen LogP contribution in [0.3, 0.4) is 0 Å². The molecule has 0 aromatic heterocycles. The summed E-state index contributed by atoms with van der Waals surface area (Å²) in [5, 5.41) is 0. The minimum atomic E-state index is -0.233. The number of piperidine rings is 1. The number of benzene rings is 2. The summed E-state index contributed by atoms with van der Waals surface area (Å²) in [7, 11) is 3.64. The number of likely N-dealkylation sites (tertiary alicyclic amines) is 1. The second kappa shape index (κ2) is 7.51. The van der Waals surface area contributed by atoms with E-state index in [4.69, 9.17) is 0 Å². The molecule has 4 nitrogen and oxygen atoms in total. The van der Waals surface area contributed by atoms with Crippen LogP contribution in [0.15, 0.2) is 60.7 Å². The minimum absolute atomic E-state index is 0.0409. The fourth-order valence-corrected chi connectivity index (χ4v) is 3.48. The smallest absolute Gasteiger partial charge is 0.226 e. The zero-order chi connectivity index (χ0) is 17.8. The topological polar surface area (TPSA) is 40.6 Å². The van der Waals surface area contributed by atoms with Crippen molar-refractivity contribution in [1.29, 1.82) is 0 Å². The van der Waals surface area contributed by atoms with Crippen LogP contribution in [0.4, 0.5) is 0 Å². The maximum Gasteiger partial charge on any atom is 0.226 e. The van der Waals surface area contributed by atoms with Gasteiger partial charge in [-0.15, -0.1) is 0 Å². The zero-order valence-corrected chi connectivity index (χ0v) is 14.8. The maximum atomic E-state index is 13.1. The second-order valence-electron chi connectivity index (χ2n) is 6.68. The van der Waals surface area contributed by atoms with E-state index in [9.17, 15) is 9.59 Å². The second-order valence-corrected chi connectivity index (χ2v) is 6.68. The molecule has 2 amide bonds. The van der Waals surface area contributed by atoms with Gasteiger partial charge in [-0.3, -0.25) is 9.59 Å². The van der Waals surface area contributed by atoms with Crippen molar-refractivity contribution in [2.24, 2.45) is 5.92 Å². The summed E-state index contributed by atoms with van der Waals surface area (Å²) in [6.07, 6.45) is 1.03. The summed E-state index contributed by atoms with van der Waals surface area (Å²) < 4.78 is 0. The van der Waals surface area contributed by atoms with Gasteiger partial charge in [-0.2, -0.15) is 0 Å². The molecular formula is C21H24N2O2. The first-order chi connectivity index (χ1) is 12.1. The molecule has 0 radical (unpaired) electrons. The van der Waals surface area contributed by atoms with Crippen molar-refractivity contribution in [3.63, 3.8) is 0 Å². The van der Waals surface area contributed by atoms with Gasteiger partial charge in [-0.1, -0.05) is 60.7 Å². The number of carbonyl (C=O) groups excluding carboxylic acids is 2. The van der Waals surface area contributed by atoms with E-state index in [1.54, 1.807) is 16.8 Å². The molecule has 1 aliphatic heterocycles. The van der Waals surface area contributed by atoms with Gasteiger partial charge in [0.25, 0.3) is 0 Å². The average molecular weight is 336 g/mol. The van der Waals surface area contributed by atoms with E-state index < -0.39 is 0 Å². The molecule has 0 bridgehead atoms. The van der Waals surface area contributed by atoms with Crippen molar-refractivity contribution in [2.75, 3.05) is 20.6 Å². The summed E-state index contributed by atoms with van der Waals surface area (Å²) in [4.78, 5) is 28.6. The van der Waals surface area contributed by atoms with Crippen LogP contribution in [0.1, 0.15) is 30.0 Å². The Morgan fingerprint density at radius 3 is 2.04 bits per heavy atom. The normalized spacial score (nSPS) is 17.6. The molecular weight excluding hydrogens is 312 g/mol.